The highest BCUT2D eigenvalue weighted by molar-refractivity contribution is 6.16. The number of hydrogen-bond acceptors (Lipinski definition) is 3. The summed E-state index contributed by atoms with van der Waals surface area (Å²) in [6.45, 7) is 4.39. The number of allylic oxidation sites excluding steroid dienone is 2. The molecule has 0 aliphatic rings. The fourth-order valence-electron chi connectivity index (χ4n) is 6.19. The van der Waals surface area contributed by atoms with Crippen LogP contribution >= 0.6 is 0 Å². The van der Waals surface area contributed by atoms with E-state index >= 15 is 0 Å². The summed E-state index contributed by atoms with van der Waals surface area (Å²) in [5.74, 6) is 1.33. The Balaban J connectivity index is 1.32. The van der Waals surface area contributed by atoms with Gasteiger partial charge in [0.25, 0.3) is 0 Å². The second-order valence-corrected chi connectivity index (χ2v) is 11.4. The van der Waals surface area contributed by atoms with E-state index in [-0.39, 0.29) is 0 Å². The van der Waals surface area contributed by atoms with Crippen molar-refractivity contribution in [3.05, 3.63) is 175 Å². The Morgan fingerprint density at radius 3 is 2.30 bits per heavy atom. The van der Waals surface area contributed by atoms with Crippen LogP contribution in [-0.4, -0.2) is 12.1 Å². The van der Waals surface area contributed by atoms with Gasteiger partial charge in [-0.05, 0) is 46.2 Å². The Labute approximate surface area is 272 Å². The quantitative estimate of drug-likeness (QED) is 0.103. The average Bonchev–Trinajstić information content (AvgIpc) is 3.69. The first-order valence-electron chi connectivity index (χ1n) is 15.6. The van der Waals surface area contributed by atoms with Crippen molar-refractivity contribution in [2.24, 2.45) is 9.98 Å². The minimum absolute atomic E-state index is 0.509. The van der Waals surface area contributed by atoms with Gasteiger partial charge in [-0.3, -0.25) is 4.99 Å². The maximum Gasteiger partial charge on any atom is 0.154 e. The summed E-state index contributed by atoms with van der Waals surface area (Å²) in [4.78, 5) is 10.1. The molecule has 0 aliphatic heterocycles. The van der Waals surface area contributed by atoms with E-state index < -0.39 is 0 Å². The second-order valence-electron chi connectivity index (χ2n) is 11.4. The lowest BCUT2D eigenvalue weighted by atomic mass is 9.97. The van der Waals surface area contributed by atoms with E-state index in [2.05, 4.69) is 91.5 Å². The predicted octanol–water partition coefficient (Wildman–Crippen LogP) is 11.4. The third-order valence-electron chi connectivity index (χ3n) is 8.44. The van der Waals surface area contributed by atoms with Gasteiger partial charge in [-0.15, -0.1) is 0 Å². The van der Waals surface area contributed by atoms with Gasteiger partial charge in [0.15, 0.2) is 5.84 Å². The van der Waals surface area contributed by atoms with Gasteiger partial charge in [0.05, 0.1) is 6.54 Å². The number of para-hydroxylation sites is 2. The van der Waals surface area contributed by atoms with Crippen molar-refractivity contribution in [3.8, 4) is 11.1 Å². The first-order chi connectivity index (χ1) is 23.3. The molecule has 0 aliphatic carbocycles. The lowest BCUT2D eigenvalue weighted by Gasteiger charge is -2.07. The molecule has 47 heavy (non-hydrogen) atoms. The van der Waals surface area contributed by atoms with Gasteiger partial charge < -0.3 is 8.83 Å². The zero-order valence-electron chi connectivity index (χ0n) is 25.6. The molecule has 0 spiro atoms. The molecule has 0 atom stereocenters. The summed E-state index contributed by atoms with van der Waals surface area (Å²) in [5, 5.41) is 5.43. The van der Waals surface area contributed by atoms with E-state index in [4.69, 9.17) is 18.8 Å². The Kier molecular flexibility index (Phi) is 7.37. The van der Waals surface area contributed by atoms with Crippen molar-refractivity contribution < 1.29 is 8.83 Å². The second kappa shape index (κ2) is 12.3. The molecule has 0 fully saturated rings. The van der Waals surface area contributed by atoms with Crippen LogP contribution in [0.4, 0.5) is 0 Å². The molecule has 0 radical (unpaired) electrons. The SMILES string of the molecule is C=C/C=C\c1oc2cccc(-c3cccc4c3oc3ccccc34)c2c1/C=N/C(=N\Cc1ccccc1)c1ccc2ccccc2c1. The third kappa shape index (κ3) is 5.36. The molecule has 0 N–H and O–H groups in total. The molecule has 6 aromatic carbocycles. The summed E-state index contributed by atoms with van der Waals surface area (Å²) < 4.78 is 12.9. The molecule has 2 aromatic heterocycles. The van der Waals surface area contributed by atoms with E-state index in [1.54, 1.807) is 6.08 Å². The lowest BCUT2D eigenvalue weighted by molar-refractivity contribution is 0.603. The van der Waals surface area contributed by atoms with E-state index in [9.17, 15) is 0 Å². The zero-order chi connectivity index (χ0) is 31.6. The molecule has 8 aromatic rings. The van der Waals surface area contributed by atoms with Gasteiger partial charge in [-0.1, -0.05) is 134 Å². The van der Waals surface area contributed by atoms with Gasteiger partial charge in [0.1, 0.15) is 22.5 Å². The van der Waals surface area contributed by atoms with Crippen molar-refractivity contribution in [1.29, 1.82) is 0 Å². The normalized spacial score (nSPS) is 12.4. The first-order valence-corrected chi connectivity index (χ1v) is 15.6. The summed E-state index contributed by atoms with van der Waals surface area (Å²) >= 11 is 0. The fourth-order valence-corrected chi connectivity index (χ4v) is 6.19. The third-order valence-corrected chi connectivity index (χ3v) is 8.44. The highest BCUT2D eigenvalue weighted by atomic mass is 16.3. The van der Waals surface area contributed by atoms with Crippen molar-refractivity contribution in [2.75, 3.05) is 0 Å². The molecule has 2 heterocycles. The predicted molar refractivity (Wildman–Crippen MR) is 196 cm³/mol. The van der Waals surface area contributed by atoms with E-state index in [0.29, 0.717) is 18.1 Å². The Bertz CT molecular complexity index is 2510. The molecule has 0 amide bonds. The number of benzene rings is 6. The standard InChI is InChI=1S/C43H30N2O2/c1-2-3-21-39-37(28-45-43(44-27-29-13-5-4-6-14-29)32-25-24-30-15-7-8-16-31(30)26-32)41-34(18-12-23-40(41)46-39)36-20-11-19-35-33-17-9-10-22-38(33)47-42(35)36/h2-26,28H,1,27H2/b21-3-,44-43-,45-28+. The number of furan rings is 2. The summed E-state index contributed by atoms with van der Waals surface area (Å²) in [6, 6.07) is 45.5. The maximum absolute atomic E-state index is 6.46. The van der Waals surface area contributed by atoms with Crippen LogP contribution in [0.5, 0.6) is 0 Å². The maximum atomic E-state index is 6.46. The minimum Gasteiger partial charge on any atom is -0.456 e. The van der Waals surface area contributed by atoms with Gasteiger partial charge in [0.2, 0.25) is 0 Å². The van der Waals surface area contributed by atoms with Crippen molar-refractivity contribution in [2.45, 2.75) is 6.54 Å². The van der Waals surface area contributed by atoms with E-state index in [1.165, 1.54) is 5.39 Å². The molecular weight excluding hydrogens is 576 g/mol. The largest absolute Gasteiger partial charge is 0.456 e. The summed E-state index contributed by atoms with van der Waals surface area (Å²) in [6.07, 6.45) is 7.43. The van der Waals surface area contributed by atoms with Crippen LogP contribution in [0.25, 0.3) is 60.9 Å². The number of fused-ring (bicyclic) bond motifs is 5. The van der Waals surface area contributed by atoms with E-state index in [1.807, 2.05) is 66.9 Å². The monoisotopic (exact) mass is 606 g/mol. The number of hydrogen-bond donors (Lipinski definition) is 0. The molecule has 0 saturated heterocycles. The van der Waals surface area contributed by atoms with Crippen LogP contribution in [0.15, 0.2) is 171 Å². The van der Waals surface area contributed by atoms with Crippen LogP contribution in [0.1, 0.15) is 22.5 Å². The Morgan fingerprint density at radius 1 is 0.660 bits per heavy atom. The topological polar surface area (TPSA) is 51.0 Å². The zero-order valence-corrected chi connectivity index (χ0v) is 25.6. The van der Waals surface area contributed by atoms with Crippen molar-refractivity contribution in [3.63, 3.8) is 0 Å². The Morgan fingerprint density at radius 2 is 1.40 bits per heavy atom. The van der Waals surface area contributed by atoms with Crippen LogP contribution in [0, 0.1) is 0 Å². The number of aliphatic imine (C=N–C) groups is 2. The molecular formula is C43H30N2O2. The van der Waals surface area contributed by atoms with Crippen molar-refractivity contribution >= 4 is 61.8 Å². The highest BCUT2D eigenvalue weighted by Gasteiger charge is 2.19. The summed E-state index contributed by atoms with van der Waals surface area (Å²) in [5.41, 5.74) is 7.37. The Hall–Kier alpha value is -6.26. The van der Waals surface area contributed by atoms with E-state index in [0.717, 1.165) is 66.1 Å². The van der Waals surface area contributed by atoms with Gasteiger partial charge in [-0.2, -0.15) is 0 Å². The van der Waals surface area contributed by atoms with Crippen LogP contribution in [-0.2, 0) is 6.54 Å². The number of amidine groups is 1. The molecule has 4 nitrogen and oxygen atoms in total. The number of rotatable bonds is 7. The smallest absolute Gasteiger partial charge is 0.154 e. The molecule has 8 rings (SSSR count). The fraction of sp³-hybridized carbons (Fsp3) is 0.0233. The molecule has 0 unspecified atom stereocenters. The number of nitrogens with zero attached hydrogens (tertiary/aromatic N) is 2. The van der Waals surface area contributed by atoms with Gasteiger partial charge >= 0.3 is 0 Å². The minimum atomic E-state index is 0.509. The molecule has 0 bridgehead atoms. The lowest BCUT2D eigenvalue weighted by Crippen LogP contribution is -2.00. The van der Waals surface area contributed by atoms with Crippen LogP contribution in [0.3, 0.4) is 0 Å². The van der Waals surface area contributed by atoms with Crippen LogP contribution in [0.2, 0.25) is 0 Å². The average molecular weight is 607 g/mol. The first kappa shape index (κ1) is 28.2. The van der Waals surface area contributed by atoms with Gasteiger partial charge in [-0.25, -0.2) is 4.99 Å². The highest BCUT2D eigenvalue weighted by Crippen LogP contribution is 2.40. The molecule has 0 saturated carbocycles. The molecule has 224 valence electrons. The molecule has 4 heteroatoms. The van der Waals surface area contributed by atoms with Crippen LogP contribution < -0.4 is 0 Å². The van der Waals surface area contributed by atoms with Gasteiger partial charge in [0, 0.05) is 39.1 Å². The summed E-state index contributed by atoms with van der Waals surface area (Å²) in [7, 11) is 0. The van der Waals surface area contributed by atoms with Crippen molar-refractivity contribution in [1.82, 2.24) is 0 Å².